The van der Waals surface area contributed by atoms with Gasteiger partial charge in [-0.3, -0.25) is 0 Å². The number of rotatable bonds is 4. The van der Waals surface area contributed by atoms with E-state index in [1.54, 1.807) is 11.4 Å². The van der Waals surface area contributed by atoms with Crippen LogP contribution in [0, 0.1) is 0 Å². The fourth-order valence-corrected chi connectivity index (χ4v) is 4.89. The van der Waals surface area contributed by atoms with Gasteiger partial charge in [0.1, 0.15) is 4.21 Å². The van der Waals surface area contributed by atoms with E-state index in [4.69, 9.17) is 10.9 Å². The predicted octanol–water partition coefficient (Wildman–Crippen LogP) is 1.27. The molecule has 0 aromatic carbocycles. The number of thiophene rings is 1. The number of hydrogen-bond donors (Lipinski definition) is 2. The molecule has 1 aromatic rings. The average Bonchev–Trinajstić information content (AvgIpc) is 2.72. The van der Waals surface area contributed by atoms with Gasteiger partial charge >= 0.3 is 0 Å². The third kappa shape index (κ3) is 2.79. The lowest BCUT2D eigenvalue weighted by Gasteiger charge is -2.22. The van der Waals surface area contributed by atoms with Crippen LogP contribution in [0.4, 0.5) is 0 Å². The zero-order valence-corrected chi connectivity index (χ0v) is 12.4. The number of hydrogen-bond acceptors (Lipinski definition) is 5. The Hall–Kier alpha value is -0.640. The molecule has 0 aliphatic carbocycles. The first-order valence-corrected chi connectivity index (χ1v) is 7.62. The molecular formula is C8H12BrN3O3S2. The minimum absolute atomic E-state index is 0.163. The highest BCUT2D eigenvalue weighted by molar-refractivity contribution is 9.10. The van der Waals surface area contributed by atoms with Crippen molar-refractivity contribution in [1.82, 2.24) is 4.31 Å². The lowest BCUT2D eigenvalue weighted by atomic mass is 10.3. The molecule has 0 amide bonds. The molecule has 9 heteroatoms. The minimum atomic E-state index is -3.65. The number of nitrogens with zero attached hydrogens (tertiary/aromatic N) is 2. The molecule has 1 heterocycles. The number of likely N-dealkylation sites (N-methyl/N-ethyl adjacent to an activating group) is 1. The third-order valence-electron chi connectivity index (χ3n) is 2.29. The van der Waals surface area contributed by atoms with Gasteiger partial charge < -0.3 is 10.9 Å². The van der Waals surface area contributed by atoms with Gasteiger partial charge in [0.2, 0.25) is 0 Å². The van der Waals surface area contributed by atoms with Crippen LogP contribution in [0.3, 0.4) is 0 Å². The first kappa shape index (κ1) is 14.4. The normalized spacial score (nSPS) is 15.2. The van der Waals surface area contributed by atoms with Crippen LogP contribution in [0.1, 0.15) is 6.92 Å². The summed E-state index contributed by atoms with van der Waals surface area (Å²) in [5.74, 6) is -0.163. The molecule has 1 atom stereocenters. The highest BCUT2D eigenvalue weighted by atomic mass is 79.9. The summed E-state index contributed by atoms with van der Waals surface area (Å²) in [5.41, 5.74) is 5.39. The average molecular weight is 342 g/mol. The van der Waals surface area contributed by atoms with Crippen molar-refractivity contribution in [2.24, 2.45) is 10.9 Å². The molecule has 96 valence electrons. The van der Waals surface area contributed by atoms with Crippen molar-refractivity contribution in [3.05, 3.63) is 15.9 Å². The summed E-state index contributed by atoms with van der Waals surface area (Å²) >= 11 is 4.27. The Kier molecular flexibility index (Phi) is 4.53. The second-order valence-electron chi connectivity index (χ2n) is 3.28. The van der Waals surface area contributed by atoms with E-state index >= 15 is 0 Å². The van der Waals surface area contributed by atoms with Gasteiger partial charge in [0.05, 0.1) is 6.04 Å². The number of halogens is 1. The van der Waals surface area contributed by atoms with E-state index in [2.05, 4.69) is 21.1 Å². The van der Waals surface area contributed by atoms with Crippen molar-refractivity contribution in [3.8, 4) is 0 Å². The largest absolute Gasteiger partial charge is 0.409 e. The van der Waals surface area contributed by atoms with E-state index in [9.17, 15) is 8.42 Å². The predicted molar refractivity (Wildman–Crippen MR) is 69.8 cm³/mol. The van der Waals surface area contributed by atoms with E-state index in [0.29, 0.717) is 4.47 Å². The van der Waals surface area contributed by atoms with Crippen molar-refractivity contribution in [1.29, 1.82) is 0 Å². The minimum Gasteiger partial charge on any atom is -0.409 e. The van der Waals surface area contributed by atoms with E-state index in [1.165, 1.54) is 14.0 Å². The van der Waals surface area contributed by atoms with Crippen LogP contribution in [0.15, 0.2) is 25.3 Å². The van der Waals surface area contributed by atoms with Gasteiger partial charge in [-0.25, -0.2) is 8.42 Å². The Labute approximate surface area is 112 Å². The molecule has 1 rings (SSSR count). The second-order valence-corrected chi connectivity index (χ2v) is 7.24. The highest BCUT2D eigenvalue weighted by Gasteiger charge is 2.30. The molecule has 0 saturated carbocycles. The topological polar surface area (TPSA) is 96.0 Å². The van der Waals surface area contributed by atoms with Crippen LogP contribution in [0.25, 0.3) is 0 Å². The maximum atomic E-state index is 12.2. The van der Waals surface area contributed by atoms with Crippen LogP contribution in [0.5, 0.6) is 0 Å². The van der Waals surface area contributed by atoms with Crippen LogP contribution >= 0.6 is 27.3 Å². The van der Waals surface area contributed by atoms with Gasteiger partial charge in [0.15, 0.2) is 5.84 Å². The Morgan fingerprint density at radius 2 is 2.29 bits per heavy atom. The first-order valence-electron chi connectivity index (χ1n) is 4.50. The summed E-state index contributed by atoms with van der Waals surface area (Å²) < 4.78 is 26.1. The molecule has 3 N–H and O–H groups in total. The van der Waals surface area contributed by atoms with Crippen LogP contribution < -0.4 is 5.73 Å². The molecule has 0 spiro atoms. The van der Waals surface area contributed by atoms with Gasteiger partial charge in [-0.15, -0.1) is 11.3 Å². The maximum absolute atomic E-state index is 12.2. The molecular weight excluding hydrogens is 330 g/mol. The molecule has 6 nitrogen and oxygen atoms in total. The summed E-state index contributed by atoms with van der Waals surface area (Å²) in [6, 6.07) is 0.929. The Bertz CT molecular complexity index is 526. The molecule has 0 fully saturated rings. The summed E-state index contributed by atoms with van der Waals surface area (Å²) in [6.45, 7) is 1.54. The SMILES string of the molecule is CC(C(N)=NO)N(C)S(=O)(=O)c1sccc1Br. The van der Waals surface area contributed by atoms with Crippen molar-refractivity contribution >= 4 is 43.1 Å². The summed E-state index contributed by atoms with van der Waals surface area (Å²) in [7, 11) is -2.27. The Morgan fingerprint density at radius 1 is 1.71 bits per heavy atom. The fourth-order valence-electron chi connectivity index (χ4n) is 1.07. The van der Waals surface area contributed by atoms with Gasteiger partial charge in [-0.1, -0.05) is 5.16 Å². The number of oxime groups is 1. The van der Waals surface area contributed by atoms with Crippen molar-refractivity contribution in [2.75, 3.05) is 7.05 Å². The van der Waals surface area contributed by atoms with Crippen LogP contribution in [-0.4, -0.2) is 36.9 Å². The van der Waals surface area contributed by atoms with E-state index in [-0.39, 0.29) is 10.0 Å². The smallest absolute Gasteiger partial charge is 0.254 e. The molecule has 0 saturated heterocycles. The zero-order chi connectivity index (χ0) is 13.2. The maximum Gasteiger partial charge on any atom is 0.254 e. The Balaban J connectivity index is 3.12. The lowest BCUT2D eigenvalue weighted by molar-refractivity contribution is 0.311. The standard InChI is InChI=1S/C8H12BrN3O3S2/c1-5(7(10)11-13)12(2)17(14,15)8-6(9)3-4-16-8/h3-5,13H,1-2H3,(H2,10,11). The third-order valence-corrected chi connectivity index (χ3v) is 6.86. The van der Waals surface area contributed by atoms with E-state index in [0.717, 1.165) is 15.6 Å². The molecule has 0 aliphatic rings. The number of sulfonamides is 1. The molecule has 0 radical (unpaired) electrons. The molecule has 17 heavy (non-hydrogen) atoms. The summed E-state index contributed by atoms with van der Waals surface area (Å²) in [6.07, 6.45) is 0. The molecule has 1 unspecified atom stereocenters. The van der Waals surface area contributed by atoms with Gasteiger partial charge in [-0.05, 0) is 34.3 Å². The monoisotopic (exact) mass is 341 g/mol. The lowest BCUT2D eigenvalue weighted by Crippen LogP contribution is -2.43. The van der Waals surface area contributed by atoms with E-state index < -0.39 is 16.1 Å². The molecule has 0 bridgehead atoms. The quantitative estimate of drug-likeness (QED) is 0.373. The summed E-state index contributed by atoms with van der Waals surface area (Å²) in [5, 5.41) is 13.0. The fraction of sp³-hybridized carbons (Fsp3) is 0.375. The Morgan fingerprint density at radius 3 is 2.71 bits per heavy atom. The van der Waals surface area contributed by atoms with E-state index in [1.807, 2.05) is 0 Å². The zero-order valence-electron chi connectivity index (χ0n) is 9.16. The van der Waals surface area contributed by atoms with Crippen LogP contribution in [-0.2, 0) is 10.0 Å². The number of nitrogens with two attached hydrogens (primary N) is 1. The highest BCUT2D eigenvalue weighted by Crippen LogP contribution is 2.30. The van der Waals surface area contributed by atoms with Gasteiger partial charge in [0, 0.05) is 11.5 Å². The van der Waals surface area contributed by atoms with Crippen LogP contribution in [0.2, 0.25) is 0 Å². The van der Waals surface area contributed by atoms with Gasteiger partial charge in [-0.2, -0.15) is 4.31 Å². The summed E-state index contributed by atoms with van der Waals surface area (Å²) in [4.78, 5) is 0. The molecule has 1 aromatic heterocycles. The van der Waals surface area contributed by atoms with Crippen molar-refractivity contribution in [2.45, 2.75) is 17.2 Å². The number of amidine groups is 1. The first-order chi connectivity index (χ1) is 7.82. The van der Waals surface area contributed by atoms with Crippen molar-refractivity contribution in [3.63, 3.8) is 0 Å². The van der Waals surface area contributed by atoms with Gasteiger partial charge in [0.25, 0.3) is 10.0 Å². The molecule has 0 aliphatic heterocycles. The second kappa shape index (κ2) is 5.34. The van der Waals surface area contributed by atoms with Crippen molar-refractivity contribution < 1.29 is 13.6 Å².